The molecule has 0 radical (unpaired) electrons. The summed E-state index contributed by atoms with van der Waals surface area (Å²) >= 11 is 6.19. The molecule has 0 aromatic heterocycles. The normalized spacial score (nSPS) is 26.1. The Morgan fingerprint density at radius 2 is 2.26 bits per heavy atom. The minimum atomic E-state index is 0.208. The molecule has 5 heteroatoms. The number of benzene rings is 1. The number of aliphatic hydroxyl groups is 1. The predicted molar refractivity (Wildman–Crippen MR) is 72.6 cm³/mol. The van der Waals surface area contributed by atoms with Gasteiger partial charge >= 0.3 is 0 Å². The molecule has 2 heterocycles. The fraction of sp³-hybridized carbons (Fsp3) is 0.571. The third-order valence-electron chi connectivity index (χ3n) is 4.06. The van der Waals surface area contributed by atoms with E-state index in [0.29, 0.717) is 16.7 Å². The van der Waals surface area contributed by atoms with Gasteiger partial charge in [-0.2, -0.15) is 0 Å². The standard InChI is InChI=1S/C14H18ClNO3/c1-9-2-3-16(12(9)7-17)6-10-4-11(15)14-13(5-10)18-8-19-14/h4-5,9,12,17H,2-3,6-8H2,1H3. The minimum Gasteiger partial charge on any atom is -0.454 e. The lowest BCUT2D eigenvalue weighted by Gasteiger charge is -2.25. The van der Waals surface area contributed by atoms with Crippen LogP contribution in [0.25, 0.3) is 0 Å². The first-order valence-electron chi connectivity index (χ1n) is 6.62. The topological polar surface area (TPSA) is 41.9 Å². The molecule has 2 aliphatic heterocycles. The maximum atomic E-state index is 9.48. The van der Waals surface area contributed by atoms with Crippen LogP contribution in [0.4, 0.5) is 0 Å². The first-order valence-corrected chi connectivity index (χ1v) is 6.99. The zero-order valence-electron chi connectivity index (χ0n) is 10.9. The average Bonchev–Trinajstić information content (AvgIpc) is 2.97. The highest BCUT2D eigenvalue weighted by atomic mass is 35.5. The average molecular weight is 284 g/mol. The molecule has 1 N–H and O–H groups in total. The van der Waals surface area contributed by atoms with Crippen molar-refractivity contribution < 1.29 is 14.6 Å². The van der Waals surface area contributed by atoms with Crippen molar-refractivity contribution in [2.45, 2.75) is 25.9 Å². The number of nitrogens with zero attached hydrogens (tertiary/aromatic N) is 1. The van der Waals surface area contributed by atoms with E-state index in [1.807, 2.05) is 12.1 Å². The number of fused-ring (bicyclic) bond motifs is 1. The van der Waals surface area contributed by atoms with E-state index in [0.717, 1.165) is 30.8 Å². The molecule has 1 aromatic rings. The van der Waals surface area contributed by atoms with E-state index in [4.69, 9.17) is 21.1 Å². The number of hydrogen-bond donors (Lipinski definition) is 1. The van der Waals surface area contributed by atoms with Gasteiger partial charge in [0.05, 0.1) is 11.6 Å². The van der Waals surface area contributed by atoms with Crippen LogP contribution in [0.3, 0.4) is 0 Å². The highest BCUT2D eigenvalue weighted by molar-refractivity contribution is 6.32. The second kappa shape index (κ2) is 5.19. The van der Waals surface area contributed by atoms with E-state index in [1.54, 1.807) is 0 Å². The van der Waals surface area contributed by atoms with Gasteiger partial charge in [0.2, 0.25) is 6.79 Å². The maximum Gasteiger partial charge on any atom is 0.231 e. The van der Waals surface area contributed by atoms with Crippen molar-refractivity contribution in [3.05, 3.63) is 22.7 Å². The number of hydrogen-bond acceptors (Lipinski definition) is 4. The molecular weight excluding hydrogens is 266 g/mol. The molecule has 2 aliphatic rings. The third-order valence-corrected chi connectivity index (χ3v) is 4.34. The van der Waals surface area contributed by atoms with Crippen molar-refractivity contribution in [3.8, 4) is 11.5 Å². The number of likely N-dealkylation sites (tertiary alicyclic amines) is 1. The summed E-state index contributed by atoms with van der Waals surface area (Å²) in [6.45, 7) is 4.43. The van der Waals surface area contributed by atoms with E-state index in [-0.39, 0.29) is 19.4 Å². The van der Waals surface area contributed by atoms with Crippen molar-refractivity contribution in [2.75, 3.05) is 19.9 Å². The summed E-state index contributed by atoms with van der Waals surface area (Å²) < 4.78 is 10.7. The molecule has 1 fully saturated rings. The highest BCUT2D eigenvalue weighted by Crippen LogP contribution is 2.40. The Kier molecular flexibility index (Phi) is 3.56. The molecule has 2 atom stereocenters. The van der Waals surface area contributed by atoms with Crippen molar-refractivity contribution in [1.82, 2.24) is 4.90 Å². The van der Waals surface area contributed by atoms with Crippen LogP contribution < -0.4 is 9.47 Å². The Bertz CT molecular complexity index is 480. The summed E-state index contributed by atoms with van der Waals surface area (Å²) in [5, 5.41) is 10.1. The van der Waals surface area contributed by atoms with Gasteiger partial charge in [0, 0.05) is 12.6 Å². The molecule has 2 unspecified atom stereocenters. The van der Waals surface area contributed by atoms with Gasteiger partial charge < -0.3 is 14.6 Å². The number of halogens is 1. The fourth-order valence-corrected chi connectivity index (χ4v) is 3.21. The van der Waals surface area contributed by atoms with Crippen LogP contribution in [-0.4, -0.2) is 36.0 Å². The lowest BCUT2D eigenvalue weighted by Crippen LogP contribution is -2.34. The number of aliphatic hydroxyl groups excluding tert-OH is 1. The Hall–Kier alpha value is -0.970. The summed E-state index contributed by atoms with van der Waals surface area (Å²) in [5.74, 6) is 1.89. The van der Waals surface area contributed by atoms with E-state index in [1.165, 1.54) is 0 Å². The van der Waals surface area contributed by atoms with Gasteiger partial charge in [0.15, 0.2) is 11.5 Å². The van der Waals surface area contributed by atoms with Gasteiger partial charge in [-0.05, 0) is 36.6 Å². The van der Waals surface area contributed by atoms with Crippen LogP contribution in [0.15, 0.2) is 12.1 Å². The molecule has 4 nitrogen and oxygen atoms in total. The fourth-order valence-electron chi connectivity index (χ4n) is 2.93. The van der Waals surface area contributed by atoms with Crippen molar-refractivity contribution in [3.63, 3.8) is 0 Å². The van der Waals surface area contributed by atoms with Crippen molar-refractivity contribution >= 4 is 11.6 Å². The second-order valence-electron chi connectivity index (χ2n) is 5.30. The molecule has 1 aromatic carbocycles. The largest absolute Gasteiger partial charge is 0.454 e. The minimum absolute atomic E-state index is 0.208. The molecule has 0 saturated carbocycles. The van der Waals surface area contributed by atoms with E-state index in [2.05, 4.69) is 11.8 Å². The van der Waals surface area contributed by atoms with Gasteiger partial charge in [-0.25, -0.2) is 0 Å². The van der Waals surface area contributed by atoms with Crippen LogP contribution in [0.1, 0.15) is 18.9 Å². The van der Waals surface area contributed by atoms with Gasteiger partial charge in [0.1, 0.15) is 0 Å². The van der Waals surface area contributed by atoms with Crippen LogP contribution in [0.2, 0.25) is 5.02 Å². The van der Waals surface area contributed by atoms with Crippen molar-refractivity contribution in [2.24, 2.45) is 5.92 Å². The van der Waals surface area contributed by atoms with E-state index in [9.17, 15) is 5.11 Å². The predicted octanol–water partition coefficient (Wildman–Crippen LogP) is 2.27. The first kappa shape index (κ1) is 13.0. The quantitative estimate of drug-likeness (QED) is 0.924. The van der Waals surface area contributed by atoms with Crippen LogP contribution >= 0.6 is 11.6 Å². The highest BCUT2D eigenvalue weighted by Gasteiger charge is 2.30. The summed E-state index contributed by atoms with van der Waals surface area (Å²) in [6.07, 6.45) is 1.13. The van der Waals surface area contributed by atoms with E-state index < -0.39 is 0 Å². The van der Waals surface area contributed by atoms with Crippen LogP contribution in [0, 0.1) is 5.92 Å². The van der Waals surface area contributed by atoms with E-state index >= 15 is 0 Å². The smallest absolute Gasteiger partial charge is 0.231 e. The van der Waals surface area contributed by atoms with Crippen LogP contribution in [-0.2, 0) is 6.54 Å². The Morgan fingerprint density at radius 3 is 3.05 bits per heavy atom. The molecule has 0 aliphatic carbocycles. The zero-order valence-corrected chi connectivity index (χ0v) is 11.7. The summed E-state index contributed by atoms with van der Waals surface area (Å²) in [5.41, 5.74) is 1.10. The van der Waals surface area contributed by atoms with Crippen LogP contribution in [0.5, 0.6) is 11.5 Å². The summed E-state index contributed by atoms with van der Waals surface area (Å²) in [7, 11) is 0. The molecule has 3 rings (SSSR count). The Balaban J connectivity index is 1.79. The Labute approximate surface area is 117 Å². The van der Waals surface area contributed by atoms with Gasteiger partial charge in [-0.15, -0.1) is 0 Å². The molecule has 0 bridgehead atoms. The maximum absolute atomic E-state index is 9.48. The van der Waals surface area contributed by atoms with Gasteiger partial charge in [-0.3, -0.25) is 4.90 Å². The molecule has 0 spiro atoms. The first-order chi connectivity index (χ1) is 9.19. The molecule has 104 valence electrons. The SMILES string of the molecule is CC1CCN(Cc2cc(Cl)c3c(c2)OCO3)C1CO. The second-order valence-corrected chi connectivity index (χ2v) is 5.70. The summed E-state index contributed by atoms with van der Waals surface area (Å²) in [6, 6.07) is 4.14. The number of ether oxygens (including phenoxy) is 2. The third kappa shape index (κ3) is 2.40. The molecule has 19 heavy (non-hydrogen) atoms. The monoisotopic (exact) mass is 283 g/mol. The lowest BCUT2D eigenvalue weighted by atomic mass is 10.0. The zero-order chi connectivity index (χ0) is 13.4. The molecule has 0 amide bonds. The molecule has 1 saturated heterocycles. The number of rotatable bonds is 3. The van der Waals surface area contributed by atoms with Gasteiger partial charge in [-0.1, -0.05) is 18.5 Å². The lowest BCUT2D eigenvalue weighted by molar-refractivity contribution is 0.134. The van der Waals surface area contributed by atoms with Gasteiger partial charge in [0.25, 0.3) is 0 Å². The van der Waals surface area contributed by atoms with Crippen molar-refractivity contribution in [1.29, 1.82) is 0 Å². The summed E-state index contributed by atoms with van der Waals surface area (Å²) in [4.78, 5) is 2.30. The Morgan fingerprint density at radius 1 is 1.42 bits per heavy atom. The molecular formula is C14H18ClNO3.